The molecule has 1 heterocycles. The minimum absolute atomic E-state index is 0.0253. The van der Waals surface area contributed by atoms with E-state index >= 15 is 0 Å². The molecule has 3 aromatic rings. The van der Waals surface area contributed by atoms with Gasteiger partial charge in [0, 0.05) is 6.54 Å². The summed E-state index contributed by atoms with van der Waals surface area (Å²) in [7, 11) is 0. The van der Waals surface area contributed by atoms with Crippen LogP contribution in [0, 0.1) is 5.92 Å². The van der Waals surface area contributed by atoms with Crippen molar-refractivity contribution in [2.75, 3.05) is 0 Å². The molecule has 0 radical (unpaired) electrons. The van der Waals surface area contributed by atoms with Gasteiger partial charge in [-0.15, -0.1) is 11.3 Å². The van der Waals surface area contributed by atoms with Crippen LogP contribution in [0.2, 0.25) is 0 Å². The SMILES string of the molecule is CC(C)C(NC(=O)c1cccs1)C(=O)NCc1ccc(OCc2ccccc2)cc1. The first-order valence-corrected chi connectivity index (χ1v) is 10.8. The van der Waals surface area contributed by atoms with E-state index < -0.39 is 6.04 Å². The fraction of sp³-hybridized carbons (Fsp3) is 0.250. The number of benzene rings is 2. The third-order valence-corrected chi connectivity index (χ3v) is 5.49. The fourth-order valence-corrected chi connectivity index (χ4v) is 3.53. The van der Waals surface area contributed by atoms with Gasteiger partial charge in [0.15, 0.2) is 0 Å². The van der Waals surface area contributed by atoms with Crippen LogP contribution in [0.15, 0.2) is 72.1 Å². The number of amides is 2. The van der Waals surface area contributed by atoms with Crippen LogP contribution in [0.5, 0.6) is 5.75 Å². The van der Waals surface area contributed by atoms with Crippen molar-refractivity contribution in [2.45, 2.75) is 33.0 Å². The number of nitrogens with one attached hydrogen (secondary N) is 2. The highest BCUT2D eigenvalue weighted by Gasteiger charge is 2.24. The number of thiophene rings is 1. The summed E-state index contributed by atoms with van der Waals surface area (Å²) >= 11 is 1.35. The largest absolute Gasteiger partial charge is 0.489 e. The molecular formula is C24H26N2O3S. The van der Waals surface area contributed by atoms with Crippen LogP contribution >= 0.6 is 11.3 Å². The Morgan fingerprint density at radius 2 is 1.67 bits per heavy atom. The predicted molar refractivity (Wildman–Crippen MR) is 119 cm³/mol. The third-order valence-electron chi connectivity index (χ3n) is 4.62. The summed E-state index contributed by atoms with van der Waals surface area (Å²) < 4.78 is 5.79. The van der Waals surface area contributed by atoms with Gasteiger partial charge in [0.2, 0.25) is 5.91 Å². The molecule has 1 aromatic heterocycles. The van der Waals surface area contributed by atoms with E-state index in [1.165, 1.54) is 11.3 Å². The summed E-state index contributed by atoms with van der Waals surface area (Å²) in [6, 6.07) is 20.6. The molecule has 0 aliphatic carbocycles. The summed E-state index contributed by atoms with van der Waals surface area (Å²) in [5.41, 5.74) is 2.07. The van der Waals surface area contributed by atoms with Crippen LogP contribution < -0.4 is 15.4 Å². The van der Waals surface area contributed by atoms with Gasteiger partial charge in [0.1, 0.15) is 18.4 Å². The van der Waals surface area contributed by atoms with Crippen molar-refractivity contribution in [1.82, 2.24) is 10.6 Å². The highest BCUT2D eigenvalue weighted by molar-refractivity contribution is 7.12. The maximum atomic E-state index is 12.6. The second-order valence-electron chi connectivity index (χ2n) is 7.31. The molecule has 1 unspecified atom stereocenters. The van der Waals surface area contributed by atoms with Gasteiger partial charge in [-0.3, -0.25) is 9.59 Å². The van der Waals surface area contributed by atoms with Crippen molar-refractivity contribution >= 4 is 23.2 Å². The lowest BCUT2D eigenvalue weighted by Gasteiger charge is -2.21. The van der Waals surface area contributed by atoms with Crippen molar-refractivity contribution in [3.05, 3.63) is 88.1 Å². The Kier molecular flexibility index (Phi) is 7.63. The van der Waals surface area contributed by atoms with E-state index in [9.17, 15) is 9.59 Å². The predicted octanol–water partition coefficient (Wildman–Crippen LogP) is 4.40. The Balaban J connectivity index is 1.50. The molecule has 3 rings (SSSR count). The Labute approximate surface area is 181 Å². The monoisotopic (exact) mass is 422 g/mol. The normalized spacial score (nSPS) is 11.7. The van der Waals surface area contributed by atoms with Gasteiger partial charge < -0.3 is 15.4 Å². The zero-order valence-electron chi connectivity index (χ0n) is 17.1. The molecule has 2 amide bonds. The van der Waals surface area contributed by atoms with Crippen molar-refractivity contribution in [2.24, 2.45) is 5.92 Å². The van der Waals surface area contributed by atoms with Crippen molar-refractivity contribution in [1.29, 1.82) is 0 Å². The molecule has 6 heteroatoms. The highest BCUT2D eigenvalue weighted by atomic mass is 32.1. The topological polar surface area (TPSA) is 67.4 Å². The molecule has 0 fully saturated rings. The molecule has 1 atom stereocenters. The number of ether oxygens (including phenoxy) is 1. The molecule has 2 N–H and O–H groups in total. The molecule has 0 spiro atoms. The summed E-state index contributed by atoms with van der Waals surface area (Å²) in [5.74, 6) is 0.331. The number of rotatable bonds is 9. The molecular weight excluding hydrogens is 396 g/mol. The Bertz CT molecular complexity index is 938. The summed E-state index contributed by atoms with van der Waals surface area (Å²) in [4.78, 5) is 25.5. The molecule has 5 nitrogen and oxygen atoms in total. The lowest BCUT2D eigenvalue weighted by atomic mass is 10.0. The molecule has 0 saturated heterocycles. The van der Waals surface area contributed by atoms with Crippen molar-refractivity contribution in [3.63, 3.8) is 0 Å². The van der Waals surface area contributed by atoms with Gasteiger partial charge in [-0.25, -0.2) is 0 Å². The zero-order valence-corrected chi connectivity index (χ0v) is 17.9. The number of carbonyl (C=O) groups excluding carboxylic acids is 2. The molecule has 0 aliphatic heterocycles. The molecule has 30 heavy (non-hydrogen) atoms. The van der Waals surface area contributed by atoms with Crippen molar-refractivity contribution < 1.29 is 14.3 Å². The lowest BCUT2D eigenvalue weighted by molar-refractivity contribution is -0.124. The first-order chi connectivity index (χ1) is 14.5. The molecule has 0 saturated carbocycles. The zero-order chi connectivity index (χ0) is 21.3. The molecule has 0 aliphatic rings. The van der Waals surface area contributed by atoms with E-state index in [1.54, 1.807) is 6.07 Å². The number of hydrogen-bond acceptors (Lipinski definition) is 4. The van der Waals surface area contributed by atoms with Gasteiger partial charge in [-0.05, 0) is 40.6 Å². The smallest absolute Gasteiger partial charge is 0.262 e. The first-order valence-electron chi connectivity index (χ1n) is 9.90. The maximum absolute atomic E-state index is 12.6. The molecule has 156 valence electrons. The van der Waals surface area contributed by atoms with Crippen LogP contribution in [0.25, 0.3) is 0 Å². The standard InChI is InChI=1S/C24H26N2O3S/c1-17(2)22(26-23(27)21-9-6-14-30-21)24(28)25-15-18-10-12-20(13-11-18)29-16-19-7-4-3-5-8-19/h3-14,17,22H,15-16H2,1-2H3,(H,25,28)(H,26,27). The van der Waals surface area contributed by atoms with E-state index in [2.05, 4.69) is 10.6 Å². The first kappa shape index (κ1) is 21.6. The maximum Gasteiger partial charge on any atom is 0.262 e. The van der Waals surface area contributed by atoms with Crippen LogP contribution in [0.4, 0.5) is 0 Å². The fourth-order valence-electron chi connectivity index (χ4n) is 2.90. The van der Waals surface area contributed by atoms with Gasteiger partial charge in [-0.1, -0.05) is 62.4 Å². The molecule has 2 aromatic carbocycles. The average molecular weight is 423 g/mol. The van der Waals surface area contributed by atoms with Crippen LogP contribution in [0.3, 0.4) is 0 Å². The second-order valence-corrected chi connectivity index (χ2v) is 8.26. The van der Waals surface area contributed by atoms with E-state index in [4.69, 9.17) is 4.74 Å². The Hall–Kier alpha value is -3.12. The van der Waals surface area contributed by atoms with E-state index in [1.807, 2.05) is 79.9 Å². The van der Waals surface area contributed by atoms with Crippen LogP contribution in [0.1, 0.15) is 34.6 Å². The van der Waals surface area contributed by atoms with Gasteiger partial charge in [0.05, 0.1) is 4.88 Å². The van der Waals surface area contributed by atoms with E-state index in [-0.39, 0.29) is 17.7 Å². The second kappa shape index (κ2) is 10.6. The van der Waals surface area contributed by atoms with Gasteiger partial charge in [0.25, 0.3) is 5.91 Å². The van der Waals surface area contributed by atoms with Gasteiger partial charge in [-0.2, -0.15) is 0 Å². The quantitative estimate of drug-likeness (QED) is 0.537. The lowest BCUT2D eigenvalue weighted by Crippen LogP contribution is -2.49. The van der Waals surface area contributed by atoms with E-state index in [0.717, 1.165) is 16.9 Å². The molecule has 0 bridgehead atoms. The Morgan fingerprint density at radius 1 is 0.933 bits per heavy atom. The minimum Gasteiger partial charge on any atom is -0.489 e. The van der Waals surface area contributed by atoms with E-state index in [0.29, 0.717) is 18.0 Å². The van der Waals surface area contributed by atoms with Crippen LogP contribution in [-0.4, -0.2) is 17.9 Å². The number of hydrogen-bond donors (Lipinski definition) is 2. The highest BCUT2D eigenvalue weighted by Crippen LogP contribution is 2.15. The van der Waals surface area contributed by atoms with Crippen LogP contribution in [-0.2, 0) is 17.9 Å². The van der Waals surface area contributed by atoms with Crippen molar-refractivity contribution in [3.8, 4) is 5.75 Å². The number of carbonyl (C=O) groups is 2. The Morgan fingerprint density at radius 3 is 2.30 bits per heavy atom. The summed E-state index contributed by atoms with van der Waals surface area (Å²) in [5, 5.41) is 7.59. The third kappa shape index (κ3) is 6.19. The summed E-state index contributed by atoms with van der Waals surface area (Å²) in [6.07, 6.45) is 0. The summed E-state index contributed by atoms with van der Waals surface area (Å²) in [6.45, 7) is 4.72. The minimum atomic E-state index is -0.590. The average Bonchev–Trinajstić information content (AvgIpc) is 3.30. The van der Waals surface area contributed by atoms with Gasteiger partial charge >= 0.3 is 0 Å².